The van der Waals surface area contributed by atoms with E-state index in [9.17, 15) is 14.7 Å². The number of likely N-dealkylation sites (N-methyl/N-ethyl adjacent to an activating group) is 1. The van der Waals surface area contributed by atoms with Gasteiger partial charge < -0.3 is 19.6 Å². The molecule has 7 heteroatoms. The molecule has 1 aliphatic heterocycles. The first kappa shape index (κ1) is 21.5. The number of hydrogen-bond donors (Lipinski definition) is 2. The molecule has 30 heavy (non-hydrogen) atoms. The van der Waals surface area contributed by atoms with Crippen LogP contribution in [-0.2, 0) is 9.59 Å². The molecule has 1 fully saturated rings. The molecule has 0 bridgehead atoms. The van der Waals surface area contributed by atoms with Gasteiger partial charge in [0, 0.05) is 18.0 Å². The van der Waals surface area contributed by atoms with Crippen molar-refractivity contribution in [2.75, 3.05) is 33.3 Å². The molecule has 0 spiro atoms. The highest BCUT2D eigenvalue weighted by Gasteiger charge is 2.46. The Morgan fingerprint density at radius 2 is 1.73 bits per heavy atom. The lowest BCUT2D eigenvalue weighted by molar-refractivity contribution is -0.895. The number of nitrogens with zero attached hydrogens (tertiary/aromatic N) is 2. The Balaban J connectivity index is 2.05. The van der Waals surface area contributed by atoms with Gasteiger partial charge in [-0.25, -0.2) is 0 Å². The van der Waals surface area contributed by atoms with Crippen LogP contribution in [0.25, 0.3) is 5.76 Å². The Morgan fingerprint density at radius 3 is 2.30 bits per heavy atom. The molecule has 0 aliphatic carbocycles. The summed E-state index contributed by atoms with van der Waals surface area (Å²) in [7, 11) is 1.56. The van der Waals surface area contributed by atoms with E-state index in [2.05, 4.69) is 18.8 Å². The Morgan fingerprint density at radius 1 is 1.10 bits per heavy atom. The summed E-state index contributed by atoms with van der Waals surface area (Å²) in [6.07, 6.45) is 3.25. The summed E-state index contributed by atoms with van der Waals surface area (Å²) in [5.41, 5.74) is 1.31. The van der Waals surface area contributed by atoms with Crippen molar-refractivity contribution < 1.29 is 24.3 Å². The number of amides is 1. The number of benzene rings is 1. The number of aliphatic hydroxyl groups is 1. The summed E-state index contributed by atoms with van der Waals surface area (Å²) < 4.78 is 5.16. The molecule has 1 atom stereocenters. The highest BCUT2D eigenvalue weighted by molar-refractivity contribution is 6.46. The molecule has 2 aromatic rings. The average Bonchev–Trinajstić information content (AvgIpc) is 3.05. The molecule has 158 valence electrons. The molecule has 2 heterocycles. The lowest BCUT2D eigenvalue weighted by Crippen LogP contribution is -3.12. The molecule has 3 rings (SSSR count). The summed E-state index contributed by atoms with van der Waals surface area (Å²) in [6, 6.07) is 9.65. The van der Waals surface area contributed by atoms with E-state index < -0.39 is 17.7 Å². The number of nitrogens with one attached hydrogen (secondary N) is 1. The number of rotatable bonds is 8. The van der Waals surface area contributed by atoms with Gasteiger partial charge in [-0.2, -0.15) is 0 Å². The van der Waals surface area contributed by atoms with Crippen LogP contribution in [-0.4, -0.2) is 60.0 Å². The van der Waals surface area contributed by atoms with Crippen molar-refractivity contribution >= 4 is 17.4 Å². The number of ketones is 1. The van der Waals surface area contributed by atoms with Crippen LogP contribution in [0.4, 0.5) is 0 Å². The van der Waals surface area contributed by atoms with Crippen LogP contribution in [0.1, 0.15) is 31.0 Å². The highest BCUT2D eigenvalue weighted by Crippen LogP contribution is 2.39. The van der Waals surface area contributed by atoms with Crippen molar-refractivity contribution in [2.45, 2.75) is 19.9 Å². The minimum absolute atomic E-state index is 0.103. The maximum absolute atomic E-state index is 13.0. The topological polar surface area (TPSA) is 84.2 Å². The fraction of sp³-hybridized carbons (Fsp3) is 0.348. The molecule has 0 saturated carbocycles. The second kappa shape index (κ2) is 9.54. The monoisotopic (exact) mass is 410 g/mol. The molecule has 7 nitrogen and oxygen atoms in total. The van der Waals surface area contributed by atoms with E-state index in [0.29, 0.717) is 17.9 Å². The van der Waals surface area contributed by atoms with Gasteiger partial charge in [0.05, 0.1) is 44.9 Å². The van der Waals surface area contributed by atoms with Gasteiger partial charge in [-0.05, 0) is 55.8 Å². The van der Waals surface area contributed by atoms with Gasteiger partial charge in [-0.1, -0.05) is 0 Å². The van der Waals surface area contributed by atoms with Gasteiger partial charge in [0.2, 0.25) is 0 Å². The predicted octanol–water partition coefficient (Wildman–Crippen LogP) is 1.44. The maximum atomic E-state index is 13.0. The fourth-order valence-electron chi connectivity index (χ4n) is 3.79. The lowest BCUT2D eigenvalue weighted by atomic mass is 9.96. The third-order valence-electron chi connectivity index (χ3n) is 5.63. The fourth-order valence-corrected chi connectivity index (χ4v) is 3.79. The SMILES string of the molecule is CC[NH+](CC)CCN1C(=O)C(=O)C(=C(O)c2ccc(OC)cc2)[C@@H]1c1ccncc1. The number of likely N-dealkylation sites (tertiary alicyclic amines) is 1. The van der Waals surface area contributed by atoms with E-state index in [0.717, 1.165) is 25.2 Å². The number of aliphatic hydroxyl groups excluding tert-OH is 1. The molecule has 1 amide bonds. The molecule has 0 radical (unpaired) electrons. The molecule has 2 N–H and O–H groups in total. The van der Waals surface area contributed by atoms with Crippen molar-refractivity contribution in [2.24, 2.45) is 0 Å². The van der Waals surface area contributed by atoms with Crippen LogP contribution in [0, 0.1) is 0 Å². The van der Waals surface area contributed by atoms with Gasteiger partial charge in [0.25, 0.3) is 11.7 Å². The number of quaternary nitrogens is 1. The van der Waals surface area contributed by atoms with E-state index in [4.69, 9.17) is 4.74 Å². The molecular weight excluding hydrogens is 382 g/mol. The summed E-state index contributed by atoms with van der Waals surface area (Å²) >= 11 is 0. The van der Waals surface area contributed by atoms with E-state index in [1.54, 1.807) is 60.8 Å². The van der Waals surface area contributed by atoms with Gasteiger partial charge in [-0.15, -0.1) is 0 Å². The number of hydrogen-bond acceptors (Lipinski definition) is 5. The number of carbonyl (C=O) groups excluding carboxylic acids is 2. The predicted molar refractivity (Wildman–Crippen MR) is 113 cm³/mol. The second-order valence-corrected chi connectivity index (χ2v) is 7.21. The Bertz CT molecular complexity index is 921. The minimum atomic E-state index is -0.667. The van der Waals surface area contributed by atoms with Crippen LogP contribution >= 0.6 is 0 Å². The number of Topliss-reactive ketones (excluding diaryl/α,β-unsaturated/α-hetero) is 1. The number of ether oxygens (including phenoxy) is 1. The Labute approximate surface area is 176 Å². The lowest BCUT2D eigenvalue weighted by Gasteiger charge is -2.26. The van der Waals surface area contributed by atoms with Crippen LogP contribution in [0.3, 0.4) is 0 Å². The Kier molecular flexibility index (Phi) is 6.84. The van der Waals surface area contributed by atoms with Crippen molar-refractivity contribution in [3.05, 3.63) is 65.5 Å². The zero-order valence-corrected chi connectivity index (χ0v) is 17.6. The first-order valence-electron chi connectivity index (χ1n) is 10.2. The molecule has 0 unspecified atom stereocenters. The van der Waals surface area contributed by atoms with Crippen LogP contribution in [0.2, 0.25) is 0 Å². The molecule has 1 aliphatic rings. The second-order valence-electron chi connectivity index (χ2n) is 7.21. The maximum Gasteiger partial charge on any atom is 0.295 e. The van der Waals surface area contributed by atoms with Gasteiger partial charge >= 0.3 is 0 Å². The largest absolute Gasteiger partial charge is 0.507 e. The highest BCUT2D eigenvalue weighted by atomic mass is 16.5. The van der Waals surface area contributed by atoms with Crippen molar-refractivity contribution in [3.8, 4) is 5.75 Å². The zero-order chi connectivity index (χ0) is 21.7. The zero-order valence-electron chi connectivity index (χ0n) is 17.6. The third-order valence-corrected chi connectivity index (χ3v) is 5.63. The summed E-state index contributed by atoms with van der Waals surface area (Å²) in [5, 5.41) is 11.0. The van der Waals surface area contributed by atoms with E-state index in [1.807, 2.05) is 0 Å². The van der Waals surface area contributed by atoms with Crippen LogP contribution < -0.4 is 9.64 Å². The Hall–Kier alpha value is -3.19. The number of carbonyl (C=O) groups is 2. The smallest absolute Gasteiger partial charge is 0.295 e. The number of aromatic nitrogens is 1. The summed E-state index contributed by atoms with van der Waals surface area (Å²) in [6.45, 7) is 7.21. The van der Waals surface area contributed by atoms with Crippen LogP contribution in [0.15, 0.2) is 54.4 Å². The van der Waals surface area contributed by atoms with E-state index in [1.165, 1.54) is 4.90 Å². The average molecular weight is 410 g/mol. The van der Waals surface area contributed by atoms with Crippen molar-refractivity contribution in [3.63, 3.8) is 0 Å². The summed E-state index contributed by atoms with van der Waals surface area (Å²) in [4.78, 5) is 32.8. The van der Waals surface area contributed by atoms with Gasteiger partial charge in [-0.3, -0.25) is 14.6 Å². The minimum Gasteiger partial charge on any atom is -0.507 e. The third kappa shape index (κ3) is 4.21. The standard InChI is InChI=1S/C23H27N3O4/c1-4-25(5-2)14-15-26-20(16-10-12-24-13-11-16)19(22(28)23(26)29)21(27)17-6-8-18(30-3)9-7-17/h6-13,20,27H,4-5,14-15H2,1-3H3/p+1/t20-/m0/s1. The van der Waals surface area contributed by atoms with Crippen molar-refractivity contribution in [1.29, 1.82) is 0 Å². The van der Waals surface area contributed by atoms with Gasteiger partial charge in [0.15, 0.2) is 0 Å². The van der Waals surface area contributed by atoms with Crippen LogP contribution in [0.5, 0.6) is 5.75 Å². The normalized spacial score (nSPS) is 18.3. The number of methoxy groups -OCH3 is 1. The first-order chi connectivity index (χ1) is 14.5. The van der Waals surface area contributed by atoms with Gasteiger partial charge in [0.1, 0.15) is 11.5 Å². The molecular formula is C23H28N3O4+. The van der Waals surface area contributed by atoms with Crippen molar-refractivity contribution in [1.82, 2.24) is 9.88 Å². The van der Waals surface area contributed by atoms with E-state index in [-0.39, 0.29) is 11.3 Å². The number of pyridine rings is 1. The molecule has 1 aromatic heterocycles. The summed E-state index contributed by atoms with van der Waals surface area (Å²) in [5.74, 6) is -0.798. The first-order valence-corrected chi connectivity index (χ1v) is 10.2. The quantitative estimate of drug-likeness (QED) is 0.391. The molecule has 1 saturated heterocycles. The molecule has 1 aromatic carbocycles. The van der Waals surface area contributed by atoms with E-state index >= 15 is 0 Å².